The first-order valence-corrected chi connectivity index (χ1v) is 16.5. The molecule has 0 aliphatic carbocycles. The van der Waals surface area contributed by atoms with Crippen LogP contribution < -0.4 is 0 Å². The normalized spacial score (nSPS) is 12.1. The molecular weight excluding hydrogens is 651 g/mol. The van der Waals surface area contributed by atoms with Gasteiger partial charge in [-0.15, -0.1) is 0 Å². The van der Waals surface area contributed by atoms with E-state index in [-0.39, 0.29) is 22.5 Å². The molecule has 0 aliphatic rings. The average Bonchev–Trinajstić information content (AvgIpc) is 3.62. The molecule has 2 heterocycles. The fourth-order valence-corrected chi connectivity index (χ4v) is 7.51. The fourth-order valence-electron chi connectivity index (χ4n) is 7.51. The number of hydrogen-bond donors (Lipinski definition) is 0. The molecule has 51 heavy (non-hydrogen) atoms. The second kappa shape index (κ2) is 11.4. The molecular formula is C44H27F5N2. The first kappa shape index (κ1) is 30.8. The molecule has 0 aliphatic heterocycles. The Morgan fingerprint density at radius 1 is 0.431 bits per heavy atom. The minimum absolute atomic E-state index is 0.108. The molecule has 7 heteroatoms. The van der Waals surface area contributed by atoms with E-state index in [9.17, 15) is 0 Å². The zero-order chi connectivity index (χ0) is 35.0. The van der Waals surface area contributed by atoms with E-state index in [1.165, 1.54) is 12.1 Å². The van der Waals surface area contributed by atoms with Crippen molar-refractivity contribution in [3.05, 3.63) is 168 Å². The minimum Gasteiger partial charge on any atom is -0.309 e. The maximum absolute atomic E-state index is 15.2. The molecule has 0 saturated heterocycles. The van der Waals surface area contributed by atoms with Crippen LogP contribution in [0.3, 0.4) is 0 Å². The summed E-state index contributed by atoms with van der Waals surface area (Å²) < 4.78 is 79.2. The molecule has 2 aromatic heterocycles. The summed E-state index contributed by atoms with van der Waals surface area (Å²) in [7, 11) is 0. The first-order chi connectivity index (χ1) is 24.7. The lowest BCUT2D eigenvalue weighted by molar-refractivity contribution is -0.137. The highest BCUT2D eigenvalue weighted by Crippen LogP contribution is 2.46. The lowest BCUT2D eigenvalue weighted by Gasteiger charge is -2.23. The van der Waals surface area contributed by atoms with Crippen molar-refractivity contribution in [3.8, 4) is 33.6 Å². The molecule has 0 bridgehead atoms. The van der Waals surface area contributed by atoms with Crippen LogP contribution in [0.1, 0.15) is 11.1 Å². The van der Waals surface area contributed by atoms with E-state index in [2.05, 4.69) is 0 Å². The number of aryl methyl sites for hydroxylation is 1. The van der Waals surface area contributed by atoms with Crippen LogP contribution in [0.4, 0.5) is 22.0 Å². The van der Waals surface area contributed by atoms with E-state index in [1.54, 1.807) is 9.13 Å². The van der Waals surface area contributed by atoms with Crippen molar-refractivity contribution in [2.24, 2.45) is 0 Å². The van der Waals surface area contributed by atoms with Crippen molar-refractivity contribution in [2.75, 3.05) is 0 Å². The van der Waals surface area contributed by atoms with Gasteiger partial charge in [-0.3, -0.25) is 0 Å². The van der Waals surface area contributed by atoms with Crippen LogP contribution in [-0.4, -0.2) is 9.13 Å². The Balaban J connectivity index is 1.48. The van der Waals surface area contributed by atoms with Gasteiger partial charge in [0.1, 0.15) is 11.6 Å². The maximum atomic E-state index is 15.2. The van der Waals surface area contributed by atoms with Crippen LogP contribution >= 0.6 is 0 Å². The third kappa shape index (κ3) is 4.99. The molecule has 9 rings (SSSR count). The number of fused-ring (bicyclic) bond motifs is 6. The van der Waals surface area contributed by atoms with Crippen LogP contribution in [-0.2, 0) is 6.18 Å². The zero-order valence-corrected chi connectivity index (χ0v) is 27.1. The Labute approximate surface area is 289 Å². The third-order valence-electron chi connectivity index (χ3n) is 9.66. The molecule has 0 atom stereocenters. The van der Waals surface area contributed by atoms with E-state index < -0.39 is 23.4 Å². The molecule has 0 radical (unpaired) electrons. The third-order valence-corrected chi connectivity index (χ3v) is 9.66. The van der Waals surface area contributed by atoms with Crippen LogP contribution in [0.15, 0.2) is 146 Å². The standard InChI is InChI=1S/C44H27F5N2/c1-26-15-17-39-35(19-26)33-11-5-7-13-37(33)50(39)41-23-30(44(47,48)49)24-42(43(41)29-20-31(45)25-32(46)21-29)51-38-14-8-6-12-34(38)36-22-28(16-18-40(36)51)27-9-3-2-4-10-27/h2-25H,1H3. The summed E-state index contributed by atoms with van der Waals surface area (Å²) in [6, 6.07) is 41.9. The first-order valence-electron chi connectivity index (χ1n) is 16.5. The number of halogens is 5. The van der Waals surface area contributed by atoms with Gasteiger partial charge in [-0.1, -0.05) is 84.4 Å². The Hall–Kier alpha value is -6.21. The number of benzene rings is 7. The Morgan fingerprint density at radius 2 is 0.941 bits per heavy atom. The Kier molecular flexibility index (Phi) is 6.90. The lowest BCUT2D eigenvalue weighted by atomic mass is 9.97. The second-order valence-corrected chi connectivity index (χ2v) is 12.9. The number of nitrogens with zero attached hydrogens (tertiary/aromatic N) is 2. The van der Waals surface area contributed by atoms with Gasteiger partial charge in [-0.2, -0.15) is 13.2 Å². The molecule has 0 saturated carbocycles. The van der Waals surface area contributed by atoms with E-state index in [0.717, 1.165) is 56.4 Å². The number of hydrogen-bond acceptors (Lipinski definition) is 0. The molecule has 0 amide bonds. The van der Waals surface area contributed by atoms with Crippen LogP contribution in [0.2, 0.25) is 0 Å². The van der Waals surface area contributed by atoms with E-state index in [0.29, 0.717) is 22.1 Å². The van der Waals surface area contributed by atoms with Gasteiger partial charge in [0.05, 0.1) is 39.0 Å². The van der Waals surface area contributed by atoms with E-state index in [1.807, 2.05) is 122 Å². The van der Waals surface area contributed by atoms with Crippen molar-refractivity contribution in [3.63, 3.8) is 0 Å². The zero-order valence-electron chi connectivity index (χ0n) is 27.1. The summed E-state index contributed by atoms with van der Waals surface area (Å²) in [6.07, 6.45) is -4.75. The van der Waals surface area contributed by atoms with Crippen LogP contribution in [0.25, 0.3) is 77.2 Å². The molecule has 9 aromatic rings. The van der Waals surface area contributed by atoms with Crippen LogP contribution in [0.5, 0.6) is 0 Å². The van der Waals surface area contributed by atoms with Crippen molar-refractivity contribution in [1.29, 1.82) is 0 Å². The molecule has 0 unspecified atom stereocenters. The topological polar surface area (TPSA) is 9.86 Å². The van der Waals surface area contributed by atoms with E-state index >= 15 is 22.0 Å². The van der Waals surface area contributed by atoms with Gasteiger partial charge in [-0.05, 0) is 84.3 Å². The summed E-state index contributed by atoms with van der Waals surface area (Å²) in [4.78, 5) is 0. The molecule has 2 nitrogen and oxygen atoms in total. The fraction of sp³-hybridized carbons (Fsp3) is 0.0455. The largest absolute Gasteiger partial charge is 0.416 e. The Morgan fingerprint density at radius 3 is 1.53 bits per heavy atom. The van der Waals surface area contributed by atoms with Gasteiger partial charge in [0.15, 0.2) is 0 Å². The SMILES string of the molecule is Cc1ccc2c(c1)c1ccccc1n2-c1cc(C(F)(F)F)cc(-n2c3ccccc3c3cc(-c4ccccc4)ccc32)c1-c1cc(F)cc(F)c1. The average molecular weight is 679 g/mol. The molecule has 0 N–H and O–H groups in total. The van der Waals surface area contributed by atoms with Gasteiger partial charge >= 0.3 is 6.18 Å². The predicted molar refractivity (Wildman–Crippen MR) is 196 cm³/mol. The van der Waals surface area contributed by atoms with Gasteiger partial charge in [0.25, 0.3) is 0 Å². The molecule has 0 fully saturated rings. The number of aromatic nitrogens is 2. The molecule has 7 aromatic carbocycles. The van der Waals surface area contributed by atoms with Crippen molar-refractivity contribution in [2.45, 2.75) is 13.1 Å². The maximum Gasteiger partial charge on any atom is 0.416 e. The van der Waals surface area contributed by atoms with E-state index in [4.69, 9.17) is 0 Å². The summed E-state index contributed by atoms with van der Waals surface area (Å²) in [5.74, 6) is -1.68. The van der Waals surface area contributed by atoms with Gasteiger partial charge in [0.2, 0.25) is 0 Å². The van der Waals surface area contributed by atoms with Gasteiger partial charge in [-0.25, -0.2) is 8.78 Å². The monoisotopic (exact) mass is 678 g/mol. The Bertz CT molecular complexity index is 2800. The number of alkyl halides is 3. The summed E-state index contributed by atoms with van der Waals surface area (Å²) >= 11 is 0. The highest BCUT2D eigenvalue weighted by atomic mass is 19.4. The molecule has 0 spiro atoms. The predicted octanol–water partition coefficient (Wildman–Crippen LogP) is 12.8. The van der Waals surface area contributed by atoms with Crippen molar-refractivity contribution < 1.29 is 22.0 Å². The highest BCUT2D eigenvalue weighted by molar-refractivity contribution is 6.12. The lowest BCUT2D eigenvalue weighted by Crippen LogP contribution is -2.11. The second-order valence-electron chi connectivity index (χ2n) is 12.9. The summed E-state index contributed by atoms with van der Waals surface area (Å²) in [6.45, 7) is 1.96. The summed E-state index contributed by atoms with van der Waals surface area (Å²) in [5.41, 5.74) is 5.32. The minimum atomic E-state index is -4.75. The van der Waals surface area contributed by atoms with Crippen LogP contribution in [0, 0.1) is 18.6 Å². The summed E-state index contributed by atoms with van der Waals surface area (Å²) in [5, 5.41) is 3.35. The van der Waals surface area contributed by atoms with Gasteiger partial charge in [0, 0.05) is 33.2 Å². The van der Waals surface area contributed by atoms with Gasteiger partial charge < -0.3 is 9.13 Å². The quantitative estimate of drug-likeness (QED) is 0.164. The highest BCUT2D eigenvalue weighted by Gasteiger charge is 2.34. The van der Waals surface area contributed by atoms with Crippen molar-refractivity contribution >= 4 is 43.6 Å². The number of rotatable bonds is 4. The van der Waals surface area contributed by atoms with Crippen molar-refractivity contribution in [1.82, 2.24) is 9.13 Å². The number of para-hydroxylation sites is 2. The smallest absolute Gasteiger partial charge is 0.309 e. The molecule has 248 valence electrons.